The molecule has 1 heterocycles. The Bertz CT molecular complexity index is 922. The Morgan fingerprint density at radius 3 is 2.55 bits per heavy atom. The molecule has 4 aliphatic rings. The maximum Gasteiger partial charge on any atom is 0.255 e. The first-order chi connectivity index (χ1) is 15.5. The number of nitrogens with zero attached hydrogens (tertiary/aromatic N) is 2. The third kappa shape index (κ3) is 5.02. The van der Waals surface area contributed by atoms with Gasteiger partial charge in [-0.25, -0.2) is 4.68 Å². The first-order valence-electron chi connectivity index (χ1n) is 12.3. The zero-order valence-electron chi connectivity index (χ0n) is 20.4. The minimum Gasteiger partial charge on any atom is -0.390 e. The molecule has 0 spiro atoms. The lowest BCUT2D eigenvalue weighted by Gasteiger charge is -2.58. The predicted molar refractivity (Wildman–Crippen MR) is 131 cm³/mol. The Morgan fingerprint density at radius 1 is 1.30 bits per heavy atom. The van der Waals surface area contributed by atoms with Crippen molar-refractivity contribution in [3.8, 4) is 0 Å². The quantitative estimate of drug-likeness (QED) is 0.500. The van der Waals surface area contributed by atoms with Crippen LogP contribution in [0, 0.1) is 23.2 Å². The van der Waals surface area contributed by atoms with E-state index < -0.39 is 11.0 Å². The number of hydrogen-bond donors (Lipinski definition) is 3. The van der Waals surface area contributed by atoms with Crippen molar-refractivity contribution in [1.82, 2.24) is 20.4 Å². The molecule has 7 nitrogen and oxygen atoms in total. The molecule has 0 aromatic carbocycles. The number of aromatic nitrogens is 2. The van der Waals surface area contributed by atoms with Crippen LogP contribution in [0.4, 0.5) is 0 Å². The van der Waals surface area contributed by atoms with Gasteiger partial charge in [0.15, 0.2) is 0 Å². The normalized spacial score (nSPS) is 30.9. The predicted octanol–water partition coefficient (Wildman–Crippen LogP) is 3.69. The van der Waals surface area contributed by atoms with Crippen molar-refractivity contribution in [2.75, 3.05) is 6.54 Å². The van der Waals surface area contributed by atoms with Gasteiger partial charge in [0, 0.05) is 24.0 Å². The summed E-state index contributed by atoms with van der Waals surface area (Å²) in [4.78, 5) is 25.7. The van der Waals surface area contributed by atoms with Crippen LogP contribution >= 0.6 is 11.8 Å². The van der Waals surface area contributed by atoms with Crippen molar-refractivity contribution in [2.45, 2.75) is 88.6 Å². The molecular formula is C25H38N4O3S. The molecule has 4 saturated carbocycles. The summed E-state index contributed by atoms with van der Waals surface area (Å²) in [6.07, 6.45) is 9.99. The summed E-state index contributed by atoms with van der Waals surface area (Å²) in [7, 11) is 0. The summed E-state index contributed by atoms with van der Waals surface area (Å²) >= 11 is 1.59. The highest BCUT2D eigenvalue weighted by Crippen LogP contribution is 2.55. The molecular weight excluding hydrogens is 436 g/mol. The van der Waals surface area contributed by atoms with Crippen molar-refractivity contribution in [3.05, 3.63) is 17.8 Å². The zero-order chi connectivity index (χ0) is 24.0. The fraction of sp³-hybridized carbons (Fsp3) is 0.720. The Balaban J connectivity index is 1.53. The first kappa shape index (κ1) is 24.3. The second kappa shape index (κ2) is 9.10. The van der Waals surface area contributed by atoms with Crippen LogP contribution < -0.4 is 10.6 Å². The van der Waals surface area contributed by atoms with Gasteiger partial charge in [0.25, 0.3) is 5.91 Å². The molecule has 4 fully saturated rings. The Hall–Kier alpha value is -1.80. The lowest BCUT2D eigenvalue weighted by Crippen LogP contribution is -2.61. The van der Waals surface area contributed by atoms with E-state index in [9.17, 15) is 14.7 Å². The molecule has 3 N–H and O–H groups in total. The van der Waals surface area contributed by atoms with E-state index in [4.69, 9.17) is 0 Å². The van der Waals surface area contributed by atoms with E-state index in [1.165, 1.54) is 0 Å². The molecule has 2 atom stereocenters. The molecule has 4 aliphatic carbocycles. The van der Waals surface area contributed by atoms with Gasteiger partial charge in [0.05, 0.1) is 22.8 Å². The fourth-order valence-corrected chi connectivity index (χ4v) is 7.06. The van der Waals surface area contributed by atoms with Gasteiger partial charge in [-0.05, 0) is 70.6 Å². The van der Waals surface area contributed by atoms with Crippen molar-refractivity contribution in [3.63, 3.8) is 0 Å². The van der Waals surface area contributed by atoms with E-state index in [1.807, 2.05) is 26.8 Å². The van der Waals surface area contributed by atoms with E-state index in [0.717, 1.165) is 37.1 Å². The third-order valence-electron chi connectivity index (χ3n) is 7.44. The smallest absolute Gasteiger partial charge is 0.255 e. The van der Waals surface area contributed by atoms with Gasteiger partial charge < -0.3 is 15.7 Å². The molecule has 2 unspecified atom stereocenters. The number of nitrogens with one attached hydrogen (secondary N) is 2. The van der Waals surface area contributed by atoms with Crippen LogP contribution in [0.1, 0.15) is 77.1 Å². The molecule has 2 amide bonds. The van der Waals surface area contributed by atoms with Crippen LogP contribution in [0.25, 0.3) is 6.20 Å². The van der Waals surface area contributed by atoms with Crippen molar-refractivity contribution in [1.29, 1.82) is 0 Å². The molecule has 5 rings (SSSR count). The highest BCUT2D eigenvalue weighted by Gasteiger charge is 2.55. The van der Waals surface area contributed by atoms with E-state index in [2.05, 4.69) is 29.6 Å². The van der Waals surface area contributed by atoms with Gasteiger partial charge in [0.2, 0.25) is 5.91 Å². The highest BCUT2D eigenvalue weighted by molar-refractivity contribution is 7.99. The van der Waals surface area contributed by atoms with Crippen molar-refractivity contribution in [2.24, 2.45) is 23.2 Å². The van der Waals surface area contributed by atoms with E-state index in [1.54, 1.807) is 28.8 Å². The second-order valence-corrected chi connectivity index (χ2v) is 12.6. The van der Waals surface area contributed by atoms with Crippen LogP contribution in [-0.2, 0) is 4.79 Å². The molecule has 0 radical (unpaired) electrons. The topological polar surface area (TPSA) is 96.2 Å². The number of carbonyl (C=O) groups excluding carboxylic acids is 2. The largest absolute Gasteiger partial charge is 0.390 e. The Morgan fingerprint density at radius 2 is 1.97 bits per heavy atom. The molecule has 1 aromatic heterocycles. The maximum atomic E-state index is 13.4. The van der Waals surface area contributed by atoms with Gasteiger partial charge in [-0.3, -0.25) is 9.59 Å². The molecule has 182 valence electrons. The number of aliphatic hydroxyl groups is 1. The van der Waals surface area contributed by atoms with Crippen LogP contribution in [-0.4, -0.2) is 50.1 Å². The molecule has 0 saturated heterocycles. The molecule has 4 bridgehead atoms. The lowest BCUT2D eigenvalue weighted by molar-refractivity contribution is -0.137. The van der Waals surface area contributed by atoms with Crippen LogP contribution in [0.2, 0.25) is 0 Å². The third-order valence-corrected chi connectivity index (χ3v) is 8.54. The average molecular weight is 475 g/mol. The van der Waals surface area contributed by atoms with Crippen LogP contribution in [0.3, 0.4) is 0 Å². The summed E-state index contributed by atoms with van der Waals surface area (Å²) in [6.45, 7) is 10.4. The van der Waals surface area contributed by atoms with Gasteiger partial charge in [0.1, 0.15) is 5.03 Å². The van der Waals surface area contributed by atoms with E-state index in [-0.39, 0.29) is 23.1 Å². The molecule has 0 aliphatic heterocycles. The molecule has 33 heavy (non-hydrogen) atoms. The summed E-state index contributed by atoms with van der Waals surface area (Å²) in [5, 5.41) is 22.6. The summed E-state index contributed by atoms with van der Waals surface area (Å²) < 4.78 is 1.71. The average Bonchev–Trinajstić information content (AvgIpc) is 3.10. The standard InChI is InChI=1S/C25H38N4O3S/c1-6-26-23(31)24(4,5)7-8-29-22(33-15(2)3)19(14-27-29)21(30)28-20-17-9-16-10-18(20)13-25(32,11-16)12-17/h7-8,14-18,20,32H,6,9-13H2,1-5H3,(H,26,31)(H,28,30)/b8-7+/t16?,17?,18?,20-,25-. The van der Waals surface area contributed by atoms with Gasteiger partial charge >= 0.3 is 0 Å². The minimum absolute atomic E-state index is 0.0482. The van der Waals surface area contributed by atoms with Gasteiger partial charge in [-0.15, -0.1) is 11.8 Å². The summed E-state index contributed by atoms with van der Waals surface area (Å²) in [5.74, 6) is 1.19. The fourth-order valence-electron chi connectivity index (χ4n) is 6.12. The number of rotatable bonds is 8. The number of thioether (sulfide) groups is 1. The number of carbonyl (C=O) groups is 2. The second-order valence-electron chi connectivity index (χ2n) is 11.1. The number of hydrogen-bond acceptors (Lipinski definition) is 5. The van der Waals surface area contributed by atoms with Crippen molar-refractivity contribution < 1.29 is 14.7 Å². The zero-order valence-corrected chi connectivity index (χ0v) is 21.2. The van der Waals surface area contributed by atoms with Gasteiger partial charge in [-0.1, -0.05) is 19.9 Å². The highest BCUT2D eigenvalue weighted by atomic mass is 32.2. The van der Waals surface area contributed by atoms with Crippen LogP contribution in [0.15, 0.2) is 17.3 Å². The maximum absolute atomic E-state index is 13.4. The Labute approximate surface area is 201 Å². The van der Waals surface area contributed by atoms with Gasteiger partial charge in [-0.2, -0.15) is 5.10 Å². The molecule has 8 heteroatoms. The van der Waals surface area contributed by atoms with E-state index >= 15 is 0 Å². The molecule has 1 aromatic rings. The van der Waals surface area contributed by atoms with E-state index in [0.29, 0.717) is 29.9 Å². The SMILES string of the molecule is CCNC(=O)C(C)(C)/C=C/n1ncc(C(=O)N[C@H]2C3CC4CC2C[C@](O)(C4)C3)c1SC(C)C. The summed E-state index contributed by atoms with van der Waals surface area (Å²) in [6, 6.07) is 0.127. The Kier molecular flexibility index (Phi) is 6.71. The first-order valence-corrected chi connectivity index (χ1v) is 13.1. The number of amides is 2. The minimum atomic E-state index is -0.690. The van der Waals surface area contributed by atoms with Crippen LogP contribution in [0.5, 0.6) is 0 Å². The van der Waals surface area contributed by atoms with Crippen molar-refractivity contribution >= 4 is 29.8 Å². The summed E-state index contributed by atoms with van der Waals surface area (Å²) in [5.41, 5.74) is -0.630. The monoisotopic (exact) mass is 474 g/mol. The lowest BCUT2D eigenvalue weighted by atomic mass is 9.52.